The normalized spacial score (nSPS) is 11.4. The molecule has 0 saturated carbocycles. The number of benzene rings is 2. The Hall–Kier alpha value is -3.15. The van der Waals surface area contributed by atoms with Gasteiger partial charge in [0.1, 0.15) is 0 Å². The molecule has 0 saturated heterocycles. The van der Waals surface area contributed by atoms with Crippen molar-refractivity contribution in [1.82, 2.24) is 10.6 Å². The van der Waals surface area contributed by atoms with Crippen molar-refractivity contribution in [3.63, 3.8) is 0 Å². The second kappa shape index (κ2) is 9.52. The first-order chi connectivity index (χ1) is 12.9. The van der Waals surface area contributed by atoms with Crippen molar-refractivity contribution in [1.29, 1.82) is 0 Å². The van der Waals surface area contributed by atoms with Gasteiger partial charge in [0.25, 0.3) is 5.91 Å². The molecule has 2 aromatic rings. The van der Waals surface area contributed by atoms with E-state index in [2.05, 4.69) is 10.6 Å². The first kappa shape index (κ1) is 20.2. The van der Waals surface area contributed by atoms with Crippen LogP contribution in [0.15, 0.2) is 48.5 Å². The zero-order chi connectivity index (χ0) is 19.8. The lowest BCUT2D eigenvalue weighted by Crippen LogP contribution is -2.39. The van der Waals surface area contributed by atoms with Crippen molar-refractivity contribution >= 4 is 17.8 Å². The number of nitrogens with one attached hydrogen (secondary N) is 2. The molecule has 2 rings (SSSR count). The quantitative estimate of drug-likeness (QED) is 0.735. The summed E-state index contributed by atoms with van der Waals surface area (Å²) >= 11 is 0. The molecule has 142 valence electrons. The topological polar surface area (TPSA) is 84.5 Å². The number of hydrogen-bond acceptors (Lipinski definition) is 4. The molecule has 0 aliphatic carbocycles. The fraction of sp³-hybridized carbons (Fsp3) is 0.286. The number of esters is 1. The number of hydrogen-bond donors (Lipinski definition) is 2. The number of amides is 2. The van der Waals surface area contributed by atoms with E-state index in [4.69, 9.17) is 4.74 Å². The van der Waals surface area contributed by atoms with Crippen molar-refractivity contribution in [3.8, 4) is 0 Å². The molecule has 6 heteroatoms. The average Bonchev–Trinajstić information content (AvgIpc) is 2.68. The van der Waals surface area contributed by atoms with E-state index in [0.717, 1.165) is 16.7 Å². The highest BCUT2D eigenvalue weighted by molar-refractivity contribution is 5.96. The van der Waals surface area contributed by atoms with E-state index in [0.29, 0.717) is 5.56 Å². The van der Waals surface area contributed by atoms with Gasteiger partial charge < -0.3 is 15.4 Å². The number of carbonyl (C=O) groups is 3. The van der Waals surface area contributed by atoms with Gasteiger partial charge in [-0.1, -0.05) is 36.4 Å². The van der Waals surface area contributed by atoms with Crippen LogP contribution in [0.25, 0.3) is 0 Å². The van der Waals surface area contributed by atoms with Crippen LogP contribution in [0.5, 0.6) is 0 Å². The fourth-order valence-electron chi connectivity index (χ4n) is 2.58. The van der Waals surface area contributed by atoms with Gasteiger partial charge in [0, 0.05) is 5.56 Å². The van der Waals surface area contributed by atoms with Crippen LogP contribution in [-0.4, -0.2) is 31.4 Å². The molecule has 0 aliphatic heterocycles. The van der Waals surface area contributed by atoms with Gasteiger partial charge in [-0.25, -0.2) is 0 Å². The van der Waals surface area contributed by atoms with Gasteiger partial charge >= 0.3 is 5.97 Å². The maximum Gasteiger partial charge on any atom is 0.307 e. The maximum atomic E-state index is 12.3. The SMILES string of the molecule is COC(=O)CC(NC(=O)CNC(=O)c1ccc(C)c(C)c1)c1ccccc1. The fourth-order valence-corrected chi connectivity index (χ4v) is 2.58. The van der Waals surface area contributed by atoms with Crippen molar-refractivity contribution in [2.45, 2.75) is 26.3 Å². The van der Waals surface area contributed by atoms with Crippen LogP contribution in [0.3, 0.4) is 0 Å². The Balaban J connectivity index is 1.97. The van der Waals surface area contributed by atoms with Gasteiger partial charge in [-0.2, -0.15) is 0 Å². The summed E-state index contributed by atoms with van der Waals surface area (Å²) in [7, 11) is 1.30. The minimum atomic E-state index is -0.523. The predicted octanol–water partition coefficient (Wildman–Crippen LogP) is 2.45. The molecule has 27 heavy (non-hydrogen) atoms. The molecule has 0 fully saturated rings. The summed E-state index contributed by atoms with van der Waals surface area (Å²) < 4.78 is 4.70. The minimum Gasteiger partial charge on any atom is -0.469 e. The van der Waals surface area contributed by atoms with Crippen LogP contribution in [0.1, 0.15) is 39.5 Å². The Morgan fingerprint density at radius 1 is 1.00 bits per heavy atom. The van der Waals surface area contributed by atoms with Crippen LogP contribution in [0.4, 0.5) is 0 Å². The maximum absolute atomic E-state index is 12.3. The Labute approximate surface area is 158 Å². The smallest absolute Gasteiger partial charge is 0.307 e. The summed E-state index contributed by atoms with van der Waals surface area (Å²) in [4.78, 5) is 36.1. The van der Waals surface area contributed by atoms with Gasteiger partial charge in [-0.15, -0.1) is 0 Å². The first-order valence-electron chi connectivity index (χ1n) is 8.67. The van der Waals surface area contributed by atoms with Crippen molar-refractivity contribution in [3.05, 3.63) is 70.8 Å². The second-order valence-electron chi connectivity index (χ2n) is 6.29. The average molecular weight is 368 g/mol. The van der Waals surface area contributed by atoms with E-state index >= 15 is 0 Å². The van der Waals surface area contributed by atoms with E-state index in [1.165, 1.54) is 7.11 Å². The number of rotatable bonds is 7. The summed E-state index contributed by atoms with van der Waals surface area (Å²) in [5.74, 6) is -1.13. The van der Waals surface area contributed by atoms with Gasteiger partial charge in [0.05, 0.1) is 26.1 Å². The summed E-state index contributed by atoms with van der Waals surface area (Å²) in [5.41, 5.74) is 3.39. The molecule has 2 aromatic carbocycles. The molecule has 0 heterocycles. The Kier molecular flexibility index (Phi) is 7.11. The number of aryl methyl sites for hydroxylation is 2. The summed E-state index contributed by atoms with van der Waals surface area (Å²) in [6.45, 7) is 3.71. The van der Waals surface area contributed by atoms with E-state index in [9.17, 15) is 14.4 Å². The van der Waals surface area contributed by atoms with Gasteiger partial charge in [0.15, 0.2) is 0 Å². The molecular weight excluding hydrogens is 344 g/mol. The molecule has 1 atom stereocenters. The lowest BCUT2D eigenvalue weighted by atomic mass is 10.0. The van der Waals surface area contributed by atoms with Crippen LogP contribution < -0.4 is 10.6 Å². The number of ether oxygens (including phenoxy) is 1. The lowest BCUT2D eigenvalue weighted by Gasteiger charge is -2.18. The standard InChI is InChI=1S/C21H24N2O4/c1-14-9-10-17(11-15(14)2)21(26)22-13-19(24)23-18(12-20(25)27-3)16-7-5-4-6-8-16/h4-11,18H,12-13H2,1-3H3,(H,22,26)(H,23,24). The second-order valence-corrected chi connectivity index (χ2v) is 6.29. The lowest BCUT2D eigenvalue weighted by molar-refractivity contribution is -0.141. The van der Waals surface area contributed by atoms with E-state index < -0.39 is 12.0 Å². The number of carbonyl (C=O) groups excluding carboxylic acids is 3. The summed E-state index contributed by atoms with van der Waals surface area (Å²) in [6.07, 6.45) is 0.0113. The Bertz CT molecular complexity index is 818. The molecule has 2 N–H and O–H groups in total. The Morgan fingerprint density at radius 3 is 2.33 bits per heavy atom. The number of methoxy groups -OCH3 is 1. The van der Waals surface area contributed by atoms with E-state index in [1.54, 1.807) is 12.1 Å². The zero-order valence-electron chi connectivity index (χ0n) is 15.7. The molecule has 2 amide bonds. The van der Waals surface area contributed by atoms with Crippen LogP contribution in [0, 0.1) is 13.8 Å². The molecule has 0 bridgehead atoms. The largest absolute Gasteiger partial charge is 0.469 e. The molecule has 0 radical (unpaired) electrons. The molecule has 0 aromatic heterocycles. The molecule has 6 nitrogen and oxygen atoms in total. The highest BCUT2D eigenvalue weighted by Gasteiger charge is 2.19. The van der Waals surface area contributed by atoms with Crippen molar-refractivity contribution < 1.29 is 19.1 Å². The highest BCUT2D eigenvalue weighted by atomic mass is 16.5. The predicted molar refractivity (Wildman–Crippen MR) is 102 cm³/mol. The molecule has 0 aliphatic rings. The minimum absolute atomic E-state index is 0.0113. The first-order valence-corrected chi connectivity index (χ1v) is 8.67. The van der Waals surface area contributed by atoms with Gasteiger partial charge in [-0.05, 0) is 42.7 Å². The zero-order valence-corrected chi connectivity index (χ0v) is 15.7. The molecule has 1 unspecified atom stereocenters. The van der Waals surface area contributed by atoms with E-state index in [-0.39, 0.29) is 24.8 Å². The Morgan fingerprint density at radius 2 is 1.70 bits per heavy atom. The molecule has 0 spiro atoms. The third-order valence-electron chi connectivity index (χ3n) is 4.31. The van der Waals surface area contributed by atoms with Gasteiger partial charge in [0.2, 0.25) is 5.91 Å². The highest BCUT2D eigenvalue weighted by Crippen LogP contribution is 2.17. The van der Waals surface area contributed by atoms with E-state index in [1.807, 2.05) is 50.2 Å². The molecular formula is C21H24N2O4. The van der Waals surface area contributed by atoms with Crippen LogP contribution >= 0.6 is 0 Å². The monoisotopic (exact) mass is 368 g/mol. The van der Waals surface area contributed by atoms with Crippen molar-refractivity contribution in [2.75, 3.05) is 13.7 Å². The van der Waals surface area contributed by atoms with Gasteiger partial charge in [-0.3, -0.25) is 14.4 Å². The van der Waals surface area contributed by atoms with Crippen LogP contribution in [-0.2, 0) is 14.3 Å². The van der Waals surface area contributed by atoms with Crippen LogP contribution in [0.2, 0.25) is 0 Å². The third kappa shape index (κ3) is 5.95. The third-order valence-corrected chi connectivity index (χ3v) is 4.31. The summed E-state index contributed by atoms with van der Waals surface area (Å²) in [6, 6.07) is 14.0. The van der Waals surface area contributed by atoms with Crippen molar-refractivity contribution in [2.24, 2.45) is 0 Å². The summed E-state index contributed by atoms with van der Waals surface area (Å²) in [5, 5.41) is 5.37.